The molecule has 0 spiro atoms. The van der Waals surface area contributed by atoms with Gasteiger partial charge in [0.15, 0.2) is 0 Å². The summed E-state index contributed by atoms with van der Waals surface area (Å²) in [5.41, 5.74) is 7.40. The molecule has 0 radical (unpaired) electrons. The van der Waals surface area contributed by atoms with Crippen molar-refractivity contribution >= 4 is 0 Å². The molecule has 3 N–H and O–H groups in total. The van der Waals surface area contributed by atoms with Crippen molar-refractivity contribution in [1.82, 2.24) is 9.55 Å². The highest BCUT2D eigenvalue weighted by Gasteiger charge is 2.16. The van der Waals surface area contributed by atoms with E-state index in [2.05, 4.69) is 4.98 Å². The van der Waals surface area contributed by atoms with Crippen LogP contribution in [0.15, 0.2) is 4.79 Å². The fraction of sp³-hybridized carbons (Fsp3) is 0.667. The number of hydrogen-bond acceptors (Lipinski definition) is 3. The van der Waals surface area contributed by atoms with Gasteiger partial charge in [0, 0.05) is 18.7 Å². The molecule has 0 atom stereocenters. The number of ether oxygens (including phenoxy) is 1. The summed E-state index contributed by atoms with van der Waals surface area (Å²) in [5.74, 6) is 0. The van der Waals surface area contributed by atoms with Crippen LogP contribution in [0.4, 0.5) is 0 Å². The molecule has 0 saturated heterocycles. The van der Waals surface area contributed by atoms with E-state index in [1.807, 2.05) is 0 Å². The minimum Gasteiger partial charge on any atom is -0.375 e. The Hall–Kier alpha value is -1.07. The number of nitrogens with zero attached hydrogens (tertiary/aromatic N) is 1. The Bertz CT molecular complexity index is 367. The molecule has 1 aliphatic rings. The van der Waals surface area contributed by atoms with Gasteiger partial charge in [-0.3, -0.25) is 4.57 Å². The van der Waals surface area contributed by atoms with Gasteiger partial charge < -0.3 is 15.5 Å². The van der Waals surface area contributed by atoms with Crippen molar-refractivity contribution in [2.75, 3.05) is 13.2 Å². The highest BCUT2D eigenvalue weighted by Crippen LogP contribution is 2.12. The smallest absolute Gasteiger partial charge is 0.326 e. The summed E-state index contributed by atoms with van der Waals surface area (Å²) in [7, 11) is 0. The third kappa shape index (κ3) is 1.60. The number of aromatic amines is 1. The first-order valence-corrected chi connectivity index (χ1v) is 4.91. The van der Waals surface area contributed by atoms with Crippen LogP contribution in [0.1, 0.15) is 17.8 Å². The van der Waals surface area contributed by atoms with Crippen molar-refractivity contribution in [1.29, 1.82) is 0 Å². The van der Waals surface area contributed by atoms with Crippen molar-refractivity contribution in [3.63, 3.8) is 0 Å². The lowest BCUT2D eigenvalue weighted by Gasteiger charge is -2.14. The third-order valence-electron chi connectivity index (χ3n) is 2.50. The lowest BCUT2D eigenvalue weighted by molar-refractivity contribution is 0.104. The van der Waals surface area contributed by atoms with Gasteiger partial charge in [0.2, 0.25) is 0 Å². The largest absolute Gasteiger partial charge is 0.375 e. The standard InChI is InChI=1S/C9H15N3O2/c10-3-1-4-12-8-6-14-5-2-7(8)11-9(12)13/h1-6,10H2,(H,11,13). The molecule has 2 rings (SSSR count). The highest BCUT2D eigenvalue weighted by molar-refractivity contribution is 5.14. The molecule has 0 fully saturated rings. The van der Waals surface area contributed by atoms with Gasteiger partial charge in [0.1, 0.15) is 0 Å². The van der Waals surface area contributed by atoms with Crippen molar-refractivity contribution < 1.29 is 4.74 Å². The first-order valence-electron chi connectivity index (χ1n) is 4.91. The summed E-state index contributed by atoms with van der Waals surface area (Å²) in [5, 5.41) is 0. The lowest BCUT2D eigenvalue weighted by Crippen LogP contribution is -2.21. The fourth-order valence-electron chi connectivity index (χ4n) is 1.75. The van der Waals surface area contributed by atoms with Crippen molar-refractivity contribution in [2.24, 2.45) is 5.73 Å². The maximum atomic E-state index is 11.5. The van der Waals surface area contributed by atoms with E-state index in [0.29, 0.717) is 26.3 Å². The highest BCUT2D eigenvalue weighted by atomic mass is 16.5. The average Bonchev–Trinajstić information content (AvgIpc) is 2.51. The normalized spacial score (nSPS) is 15.5. The maximum absolute atomic E-state index is 11.5. The molecule has 14 heavy (non-hydrogen) atoms. The second-order valence-corrected chi connectivity index (χ2v) is 3.45. The summed E-state index contributed by atoms with van der Waals surface area (Å²) in [6, 6.07) is 0. The molecule has 1 aliphatic heterocycles. The van der Waals surface area contributed by atoms with Gasteiger partial charge in [-0.05, 0) is 13.0 Å². The summed E-state index contributed by atoms with van der Waals surface area (Å²) >= 11 is 0. The van der Waals surface area contributed by atoms with Gasteiger partial charge in [-0.1, -0.05) is 0 Å². The predicted molar refractivity (Wildman–Crippen MR) is 52.1 cm³/mol. The Morgan fingerprint density at radius 2 is 2.43 bits per heavy atom. The first-order chi connectivity index (χ1) is 6.83. The van der Waals surface area contributed by atoms with Gasteiger partial charge in [-0.2, -0.15) is 0 Å². The van der Waals surface area contributed by atoms with Crippen LogP contribution in [0.3, 0.4) is 0 Å². The molecule has 1 aromatic rings. The molecular weight excluding hydrogens is 182 g/mol. The fourth-order valence-corrected chi connectivity index (χ4v) is 1.75. The predicted octanol–water partition coefficient (Wildman–Crippen LogP) is -0.402. The zero-order valence-corrected chi connectivity index (χ0v) is 8.08. The number of H-pyrrole nitrogens is 1. The maximum Gasteiger partial charge on any atom is 0.326 e. The van der Waals surface area contributed by atoms with Gasteiger partial charge in [0.05, 0.1) is 18.9 Å². The molecule has 1 aromatic heterocycles. The quantitative estimate of drug-likeness (QED) is 0.692. The molecule has 78 valence electrons. The Morgan fingerprint density at radius 1 is 1.57 bits per heavy atom. The van der Waals surface area contributed by atoms with Gasteiger partial charge in [0.25, 0.3) is 0 Å². The van der Waals surface area contributed by atoms with E-state index in [-0.39, 0.29) is 5.69 Å². The minimum atomic E-state index is -0.0334. The summed E-state index contributed by atoms with van der Waals surface area (Å²) in [6.45, 7) is 2.53. The number of rotatable bonds is 3. The van der Waals surface area contributed by atoms with Gasteiger partial charge in [-0.25, -0.2) is 4.79 Å². The number of fused-ring (bicyclic) bond motifs is 1. The van der Waals surface area contributed by atoms with E-state index >= 15 is 0 Å². The van der Waals surface area contributed by atoms with Gasteiger partial charge in [-0.15, -0.1) is 0 Å². The molecule has 0 bridgehead atoms. The molecule has 0 saturated carbocycles. The SMILES string of the molecule is NCCCn1c2c([nH]c1=O)CCOC2. The molecular formula is C9H15N3O2. The van der Waals surface area contributed by atoms with E-state index in [0.717, 1.165) is 24.2 Å². The zero-order valence-electron chi connectivity index (χ0n) is 8.08. The van der Waals surface area contributed by atoms with Crippen LogP contribution in [-0.4, -0.2) is 22.7 Å². The first kappa shape index (κ1) is 9.48. The van der Waals surface area contributed by atoms with Crippen molar-refractivity contribution in [3.8, 4) is 0 Å². The Balaban J connectivity index is 2.28. The van der Waals surface area contributed by atoms with Crippen molar-refractivity contribution in [2.45, 2.75) is 26.0 Å². The summed E-state index contributed by atoms with van der Waals surface area (Å²) < 4.78 is 7.06. The van der Waals surface area contributed by atoms with E-state index in [9.17, 15) is 4.79 Å². The molecule has 0 aliphatic carbocycles. The number of nitrogens with two attached hydrogens (primary N) is 1. The zero-order chi connectivity index (χ0) is 9.97. The van der Waals surface area contributed by atoms with Crippen LogP contribution in [0.5, 0.6) is 0 Å². The minimum absolute atomic E-state index is 0.0334. The van der Waals surface area contributed by atoms with E-state index in [1.54, 1.807) is 4.57 Å². The Morgan fingerprint density at radius 3 is 3.21 bits per heavy atom. The number of aromatic nitrogens is 2. The van der Waals surface area contributed by atoms with Crippen molar-refractivity contribution in [3.05, 3.63) is 21.9 Å². The Kier molecular flexibility index (Phi) is 2.69. The lowest BCUT2D eigenvalue weighted by atomic mass is 10.2. The molecule has 0 amide bonds. The topological polar surface area (TPSA) is 73.0 Å². The molecule has 0 unspecified atom stereocenters. The van der Waals surface area contributed by atoms with E-state index in [1.165, 1.54) is 0 Å². The molecule has 0 aromatic carbocycles. The number of nitrogens with one attached hydrogen (secondary N) is 1. The summed E-state index contributed by atoms with van der Waals surface area (Å²) in [4.78, 5) is 14.4. The monoisotopic (exact) mass is 197 g/mol. The second-order valence-electron chi connectivity index (χ2n) is 3.45. The Labute approximate surface area is 81.9 Å². The average molecular weight is 197 g/mol. The third-order valence-corrected chi connectivity index (χ3v) is 2.50. The van der Waals surface area contributed by atoms with Crippen LogP contribution in [-0.2, 0) is 24.3 Å². The van der Waals surface area contributed by atoms with E-state index in [4.69, 9.17) is 10.5 Å². The van der Waals surface area contributed by atoms with Crippen LogP contribution in [0, 0.1) is 0 Å². The number of imidazole rings is 1. The molecule has 2 heterocycles. The number of hydrogen-bond donors (Lipinski definition) is 2. The second kappa shape index (κ2) is 3.98. The van der Waals surface area contributed by atoms with Crippen LogP contribution in [0.2, 0.25) is 0 Å². The van der Waals surface area contributed by atoms with Crippen LogP contribution in [0.25, 0.3) is 0 Å². The summed E-state index contributed by atoms with van der Waals surface area (Å²) in [6.07, 6.45) is 1.63. The molecule has 5 heteroatoms. The van der Waals surface area contributed by atoms with E-state index < -0.39 is 0 Å². The van der Waals surface area contributed by atoms with Crippen LogP contribution < -0.4 is 11.4 Å². The van der Waals surface area contributed by atoms with Crippen LogP contribution >= 0.6 is 0 Å². The molecule has 5 nitrogen and oxygen atoms in total. The van der Waals surface area contributed by atoms with Gasteiger partial charge >= 0.3 is 5.69 Å².